The summed E-state index contributed by atoms with van der Waals surface area (Å²) in [4.78, 5) is 13.8. The predicted octanol–water partition coefficient (Wildman–Crippen LogP) is 5.02. The first-order valence-corrected chi connectivity index (χ1v) is 6.29. The van der Waals surface area contributed by atoms with E-state index in [2.05, 4.69) is 0 Å². The second-order valence-corrected chi connectivity index (χ2v) is 5.06. The van der Waals surface area contributed by atoms with Crippen LogP contribution in [0, 0.1) is 0 Å². The van der Waals surface area contributed by atoms with E-state index in [1.165, 1.54) is 6.07 Å². The lowest BCUT2D eigenvalue weighted by molar-refractivity contribution is -0.140. The summed E-state index contributed by atoms with van der Waals surface area (Å²) >= 11 is 17.4. The highest BCUT2D eigenvalue weighted by atomic mass is 35.5. The highest BCUT2D eigenvalue weighted by molar-refractivity contribution is 6.45. The van der Waals surface area contributed by atoms with Crippen LogP contribution in [0.5, 0.6) is 0 Å². The number of hydrogen-bond acceptors (Lipinski definition) is 1. The molecule has 0 unspecified atom stereocenters. The number of halogens is 6. The van der Waals surface area contributed by atoms with Gasteiger partial charge in [0.1, 0.15) is 5.69 Å². The van der Waals surface area contributed by atoms with Crippen LogP contribution in [0.25, 0.3) is 11.1 Å². The summed E-state index contributed by atoms with van der Waals surface area (Å²) < 4.78 is 38.9. The van der Waals surface area contributed by atoms with Crippen molar-refractivity contribution in [3.63, 3.8) is 0 Å². The third kappa shape index (κ3) is 2.80. The van der Waals surface area contributed by atoms with Gasteiger partial charge in [-0.15, -0.1) is 0 Å². The number of pyridine rings is 1. The van der Waals surface area contributed by atoms with Gasteiger partial charge in [0.15, 0.2) is 5.43 Å². The SMILES string of the molecule is O=c1cc[nH]c(C(F)(F)F)c1-c1cc(Cl)cc(Cl)c1Cl. The third-order valence-corrected chi connectivity index (χ3v) is 3.52. The zero-order chi connectivity index (χ0) is 15.1. The molecule has 20 heavy (non-hydrogen) atoms. The Hall–Kier alpha value is -1.17. The summed E-state index contributed by atoms with van der Waals surface area (Å²) in [6, 6.07) is 3.41. The van der Waals surface area contributed by atoms with Crippen LogP contribution in [-0.4, -0.2) is 4.98 Å². The first-order chi connectivity index (χ1) is 9.21. The molecule has 0 atom stereocenters. The largest absolute Gasteiger partial charge is 0.431 e. The van der Waals surface area contributed by atoms with E-state index in [9.17, 15) is 18.0 Å². The molecule has 106 valence electrons. The molecule has 2 aromatic rings. The van der Waals surface area contributed by atoms with Crippen LogP contribution >= 0.6 is 34.8 Å². The summed E-state index contributed by atoms with van der Waals surface area (Å²) in [7, 11) is 0. The van der Waals surface area contributed by atoms with E-state index in [1.807, 2.05) is 4.98 Å². The summed E-state index contributed by atoms with van der Waals surface area (Å²) in [6.45, 7) is 0. The Kier molecular flexibility index (Phi) is 4.04. The lowest BCUT2D eigenvalue weighted by Crippen LogP contribution is -2.17. The fraction of sp³-hybridized carbons (Fsp3) is 0.0833. The van der Waals surface area contributed by atoms with Gasteiger partial charge in [-0.05, 0) is 12.1 Å². The topological polar surface area (TPSA) is 32.9 Å². The molecule has 0 aliphatic carbocycles. The number of rotatable bonds is 1. The molecule has 2 rings (SSSR count). The third-order valence-electron chi connectivity index (χ3n) is 2.50. The number of benzene rings is 1. The zero-order valence-electron chi connectivity index (χ0n) is 9.49. The van der Waals surface area contributed by atoms with Gasteiger partial charge in [-0.1, -0.05) is 34.8 Å². The second-order valence-electron chi connectivity index (χ2n) is 3.84. The van der Waals surface area contributed by atoms with Crippen molar-refractivity contribution in [1.29, 1.82) is 0 Å². The lowest BCUT2D eigenvalue weighted by Gasteiger charge is -2.13. The maximum atomic E-state index is 13.0. The number of alkyl halides is 3. The molecule has 1 aromatic carbocycles. The van der Waals surface area contributed by atoms with Gasteiger partial charge in [-0.2, -0.15) is 13.2 Å². The van der Waals surface area contributed by atoms with E-state index in [1.54, 1.807) is 0 Å². The number of H-pyrrole nitrogens is 1. The van der Waals surface area contributed by atoms with Crippen LogP contribution in [0.3, 0.4) is 0 Å². The summed E-state index contributed by atoms with van der Waals surface area (Å²) in [5.74, 6) is 0. The van der Waals surface area contributed by atoms with E-state index in [4.69, 9.17) is 34.8 Å². The van der Waals surface area contributed by atoms with E-state index >= 15 is 0 Å². The van der Waals surface area contributed by atoms with Crippen molar-refractivity contribution in [3.8, 4) is 11.1 Å². The van der Waals surface area contributed by atoms with Crippen LogP contribution < -0.4 is 5.43 Å². The minimum atomic E-state index is -4.74. The molecule has 1 aromatic heterocycles. The number of nitrogens with one attached hydrogen (secondary N) is 1. The van der Waals surface area contributed by atoms with Gasteiger partial charge in [0, 0.05) is 22.8 Å². The average molecular weight is 343 g/mol. The van der Waals surface area contributed by atoms with Gasteiger partial charge in [0.05, 0.1) is 15.6 Å². The number of aromatic amines is 1. The van der Waals surface area contributed by atoms with Gasteiger partial charge < -0.3 is 4.98 Å². The Bertz CT molecular complexity index is 725. The molecule has 0 aliphatic rings. The normalized spacial score (nSPS) is 11.7. The van der Waals surface area contributed by atoms with E-state index in [0.717, 1.165) is 18.3 Å². The van der Waals surface area contributed by atoms with Crippen LogP contribution in [-0.2, 0) is 6.18 Å². The molecule has 2 nitrogen and oxygen atoms in total. The molecule has 0 saturated carbocycles. The number of hydrogen-bond donors (Lipinski definition) is 1. The van der Waals surface area contributed by atoms with Crippen LogP contribution in [0.4, 0.5) is 13.2 Å². The maximum absolute atomic E-state index is 13.0. The fourth-order valence-electron chi connectivity index (χ4n) is 1.71. The Morgan fingerprint density at radius 1 is 1.10 bits per heavy atom. The Balaban J connectivity index is 2.87. The van der Waals surface area contributed by atoms with Gasteiger partial charge >= 0.3 is 6.18 Å². The average Bonchev–Trinajstić information content (AvgIpc) is 2.32. The standard InChI is InChI=1S/C12H5Cl3F3NO/c13-5-3-6(10(15)7(14)4-5)9-8(20)1-2-19-11(9)12(16,17)18/h1-4H,(H,19,20). The van der Waals surface area contributed by atoms with Crippen molar-refractivity contribution in [1.82, 2.24) is 4.98 Å². The molecule has 0 radical (unpaired) electrons. The Morgan fingerprint density at radius 2 is 1.75 bits per heavy atom. The van der Waals surface area contributed by atoms with Crippen molar-refractivity contribution in [2.75, 3.05) is 0 Å². The molecule has 0 saturated heterocycles. The minimum Gasteiger partial charge on any atom is -0.357 e. The molecular formula is C12H5Cl3F3NO. The predicted molar refractivity (Wildman–Crippen MR) is 72.5 cm³/mol. The molecule has 0 amide bonds. The van der Waals surface area contributed by atoms with Crippen molar-refractivity contribution >= 4 is 34.8 Å². The summed E-state index contributed by atoms with van der Waals surface area (Å²) in [6.07, 6.45) is -3.83. The van der Waals surface area contributed by atoms with Crippen molar-refractivity contribution in [2.45, 2.75) is 6.18 Å². The van der Waals surface area contributed by atoms with E-state index < -0.39 is 22.9 Å². The fourth-order valence-corrected chi connectivity index (χ4v) is 2.41. The highest BCUT2D eigenvalue weighted by Gasteiger charge is 2.36. The molecular weight excluding hydrogens is 337 g/mol. The zero-order valence-corrected chi connectivity index (χ0v) is 11.8. The van der Waals surface area contributed by atoms with Gasteiger partial charge in [-0.3, -0.25) is 4.79 Å². The van der Waals surface area contributed by atoms with Crippen LogP contribution in [0.1, 0.15) is 5.69 Å². The quantitative estimate of drug-likeness (QED) is 0.725. The second kappa shape index (κ2) is 5.31. The molecule has 0 fully saturated rings. The molecule has 0 bridgehead atoms. The molecule has 1 N–H and O–H groups in total. The maximum Gasteiger partial charge on any atom is 0.431 e. The first-order valence-electron chi connectivity index (χ1n) is 5.15. The van der Waals surface area contributed by atoms with E-state index in [-0.39, 0.29) is 20.6 Å². The molecule has 0 spiro atoms. The van der Waals surface area contributed by atoms with E-state index in [0.29, 0.717) is 0 Å². The first kappa shape index (κ1) is 15.2. The lowest BCUT2D eigenvalue weighted by atomic mass is 10.0. The Morgan fingerprint density at radius 3 is 2.35 bits per heavy atom. The molecule has 8 heteroatoms. The molecule has 1 heterocycles. The highest BCUT2D eigenvalue weighted by Crippen LogP contribution is 2.40. The minimum absolute atomic E-state index is 0.0365. The van der Waals surface area contributed by atoms with Crippen molar-refractivity contribution in [3.05, 3.63) is 55.4 Å². The monoisotopic (exact) mass is 341 g/mol. The van der Waals surface area contributed by atoms with Crippen molar-refractivity contribution in [2.24, 2.45) is 0 Å². The van der Waals surface area contributed by atoms with Crippen LogP contribution in [0.2, 0.25) is 15.1 Å². The van der Waals surface area contributed by atoms with Gasteiger partial charge in [0.25, 0.3) is 0 Å². The summed E-state index contributed by atoms with van der Waals surface area (Å²) in [5, 5.41) is -0.130. The van der Waals surface area contributed by atoms with Gasteiger partial charge in [-0.25, -0.2) is 0 Å². The van der Waals surface area contributed by atoms with Crippen molar-refractivity contribution < 1.29 is 13.2 Å². The van der Waals surface area contributed by atoms with Gasteiger partial charge in [0.2, 0.25) is 0 Å². The smallest absolute Gasteiger partial charge is 0.357 e. The Labute approximate surface area is 126 Å². The van der Waals surface area contributed by atoms with Crippen LogP contribution in [0.15, 0.2) is 29.2 Å². The summed E-state index contributed by atoms with van der Waals surface area (Å²) in [5.41, 5.74) is -2.82. The molecule has 0 aliphatic heterocycles. The number of aromatic nitrogens is 1.